The predicted molar refractivity (Wildman–Crippen MR) is 115 cm³/mol. The van der Waals surface area contributed by atoms with Crippen LogP contribution < -0.4 is 10.5 Å². The highest BCUT2D eigenvalue weighted by atomic mass is 32.2. The third-order valence-electron chi connectivity index (χ3n) is 5.27. The normalized spacial score (nSPS) is 18.5. The van der Waals surface area contributed by atoms with Crippen LogP contribution in [0.3, 0.4) is 0 Å². The van der Waals surface area contributed by atoms with E-state index >= 15 is 0 Å². The Bertz CT molecular complexity index is 1180. The molecule has 1 saturated carbocycles. The summed E-state index contributed by atoms with van der Waals surface area (Å²) in [5.41, 5.74) is 1.64. The number of hydrogen-bond donors (Lipinski definition) is 2. The summed E-state index contributed by atoms with van der Waals surface area (Å²) in [6.45, 7) is 0.567. The van der Waals surface area contributed by atoms with E-state index in [-0.39, 0.29) is 24.3 Å². The molecule has 1 aliphatic rings. The van der Waals surface area contributed by atoms with Crippen molar-refractivity contribution < 1.29 is 17.4 Å². The topological polar surface area (TPSA) is 155 Å². The minimum Gasteiger partial charge on any atom is -0.367 e. The average Bonchev–Trinajstić information content (AvgIpc) is 3.42. The molecule has 1 fully saturated rings. The molecule has 0 amide bonds. The van der Waals surface area contributed by atoms with Crippen LogP contribution in [0.25, 0.3) is 0 Å². The summed E-state index contributed by atoms with van der Waals surface area (Å²) in [5, 5.41) is 12.6. The molecule has 1 aliphatic carbocycles. The van der Waals surface area contributed by atoms with Crippen LogP contribution in [-0.2, 0) is 21.0 Å². The van der Waals surface area contributed by atoms with Gasteiger partial charge in [0, 0.05) is 30.8 Å². The van der Waals surface area contributed by atoms with Gasteiger partial charge in [-0.05, 0) is 48.9 Å². The first kappa shape index (κ1) is 22.0. The first-order valence-electron chi connectivity index (χ1n) is 10.1. The lowest BCUT2D eigenvalue weighted by molar-refractivity contribution is 0.103. The van der Waals surface area contributed by atoms with Gasteiger partial charge >= 0.3 is 10.3 Å². The van der Waals surface area contributed by atoms with Crippen molar-refractivity contribution >= 4 is 21.9 Å². The molecule has 0 spiro atoms. The van der Waals surface area contributed by atoms with Gasteiger partial charge in [0.2, 0.25) is 5.78 Å². The Labute approximate surface area is 185 Å². The number of hydrogen-bond acceptors (Lipinski definition) is 9. The summed E-state index contributed by atoms with van der Waals surface area (Å²) in [5.74, 6) is 0.191. The maximum atomic E-state index is 13.1. The molecule has 0 bridgehead atoms. The molecule has 0 saturated heterocycles. The zero-order chi connectivity index (χ0) is 22.6. The quantitative estimate of drug-likeness (QED) is 0.450. The summed E-state index contributed by atoms with van der Waals surface area (Å²) in [4.78, 5) is 25.3. The number of nitrogens with one attached hydrogen (secondary N) is 1. The fourth-order valence-corrected chi connectivity index (χ4v) is 4.12. The highest BCUT2D eigenvalue weighted by Crippen LogP contribution is 2.29. The van der Waals surface area contributed by atoms with E-state index < -0.39 is 10.3 Å². The third-order valence-corrected chi connectivity index (χ3v) is 5.74. The van der Waals surface area contributed by atoms with Crippen molar-refractivity contribution in [3.63, 3.8) is 0 Å². The van der Waals surface area contributed by atoms with Crippen molar-refractivity contribution in [3.05, 3.63) is 66.1 Å². The molecule has 11 nitrogen and oxygen atoms in total. The molecule has 2 unspecified atom stereocenters. The summed E-state index contributed by atoms with van der Waals surface area (Å²) in [7, 11) is -3.95. The second-order valence-electron chi connectivity index (χ2n) is 7.67. The highest BCUT2D eigenvalue weighted by Gasteiger charge is 2.28. The zero-order valence-corrected chi connectivity index (χ0v) is 18.0. The van der Waals surface area contributed by atoms with Gasteiger partial charge in [-0.15, -0.1) is 0 Å². The third kappa shape index (κ3) is 5.72. The molecule has 0 aromatic carbocycles. The van der Waals surface area contributed by atoms with E-state index in [9.17, 15) is 13.2 Å². The maximum Gasteiger partial charge on any atom is 0.333 e. The Morgan fingerprint density at radius 3 is 2.81 bits per heavy atom. The van der Waals surface area contributed by atoms with Gasteiger partial charge < -0.3 is 5.32 Å². The smallest absolute Gasteiger partial charge is 0.333 e. The lowest BCUT2D eigenvalue weighted by atomic mass is 10.1. The van der Waals surface area contributed by atoms with Crippen LogP contribution in [0.2, 0.25) is 0 Å². The molecular weight excluding hydrogens is 434 g/mol. The molecule has 4 rings (SSSR count). The largest absolute Gasteiger partial charge is 0.367 e. The monoisotopic (exact) mass is 457 g/mol. The first-order valence-corrected chi connectivity index (χ1v) is 11.6. The van der Waals surface area contributed by atoms with Crippen LogP contribution in [0.15, 0.2) is 49.3 Å². The average molecular weight is 458 g/mol. The van der Waals surface area contributed by atoms with Crippen LogP contribution in [0.4, 0.5) is 5.82 Å². The fourth-order valence-electron chi connectivity index (χ4n) is 3.74. The fraction of sp³-hybridized carbons (Fsp3) is 0.350. The van der Waals surface area contributed by atoms with Gasteiger partial charge in [-0.1, -0.05) is 0 Å². The van der Waals surface area contributed by atoms with E-state index in [0.717, 1.165) is 18.4 Å². The molecule has 3 aromatic heterocycles. The molecule has 0 radical (unpaired) electrons. The molecule has 3 aromatic rings. The molecule has 12 heteroatoms. The maximum absolute atomic E-state index is 13.1. The van der Waals surface area contributed by atoms with Gasteiger partial charge in [0.15, 0.2) is 0 Å². The zero-order valence-electron chi connectivity index (χ0n) is 17.2. The number of aromatic nitrogens is 5. The van der Waals surface area contributed by atoms with Gasteiger partial charge in [0.1, 0.15) is 17.8 Å². The lowest BCUT2D eigenvalue weighted by Crippen LogP contribution is -2.22. The number of nitrogens with zero attached hydrogens (tertiary/aromatic N) is 5. The van der Waals surface area contributed by atoms with Crippen molar-refractivity contribution in [2.75, 3.05) is 11.9 Å². The standard InChI is InChI=1S/C20H23N7O4S/c21-32(29,30)31-12-15-1-2-16(9-15)25-20-17(10-23-13-24-20)19(28)18-5-8-27(26-18)11-14-3-6-22-7-4-14/h3-8,10,13,15-16H,1-2,9,11-12H2,(H2,21,29,30)(H,23,24,25). The van der Waals surface area contributed by atoms with Crippen molar-refractivity contribution in [2.45, 2.75) is 31.8 Å². The van der Waals surface area contributed by atoms with E-state index in [0.29, 0.717) is 30.0 Å². The van der Waals surface area contributed by atoms with Gasteiger partial charge in [0.05, 0.1) is 18.7 Å². The van der Waals surface area contributed by atoms with Gasteiger partial charge in [-0.2, -0.15) is 13.5 Å². The Hall–Kier alpha value is -3.22. The summed E-state index contributed by atoms with van der Waals surface area (Å²) in [6, 6.07) is 5.46. The minimum atomic E-state index is -3.95. The number of carbonyl (C=O) groups excluding carboxylic acids is 1. The van der Waals surface area contributed by atoms with E-state index in [2.05, 4.69) is 25.4 Å². The Balaban J connectivity index is 1.42. The lowest BCUT2D eigenvalue weighted by Gasteiger charge is -2.15. The van der Waals surface area contributed by atoms with Crippen molar-refractivity contribution in [2.24, 2.45) is 11.1 Å². The minimum absolute atomic E-state index is 0.0229. The second-order valence-corrected chi connectivity index (χ2v) is 8.89. The molecule has 3 N–H and O–H groups in total. The molecule has 2 atom stereocenters. The van der Waals surface area contributed by atoms with Gasteiger partial charge in [0.25, 0.3) is 0 Å². The van der Waals surface area contributed by atoms with Crippen LogP contribution in [0.1, 0.15) is 40.9 Å². The highest BCUT2D eigenvalue weighted by molar-refractivity contribution is 7.84. The first-order chi connectivity index (χ1) is 15.4. The SMILES string of the molecule is NS(=O)(=O)OCC1CCC(Nc2ncncc2C(=O)c2ccn(Cc3ccncc3)n2)C1. The summed E-state index contributed by atoms with van der Waals surface area (Å²) < 4.78 is 28.4. The predicted octanol–water partition coefficient (Wildman–Crippen LogP) is 1.15. The Morgan fingerprint density at radius 2 is 2.03 bits per heavy atom. The molecule has 0 aliphatic heterocycles. The van der Waals surface area contributed by atoms with Gasteiger partial charge in [-0.3, -0.25) is 18.6 Å². The van der Waals surface area contributed by atoms with Gasteiger partial charge in [-0.25, -0.2) is 15.1 Å². The van der Waals surface area contributed by atoms with Crippen molar-refractivity contribution in [1.82, 2.24) is 24.7 Å². The van der Waals surface area contributed by atoms with E-state index in [1.165, 1.54) is 12.5 Å². The Kier molecular flexibility index (Phi) is 6.53. The van der Waals surface area contributed by atoms with Crippen LogP contribution >= 0.6 is 0 Å². The number of rotatable bonds is 9. The number of pyridine rings is 1. The number of carbonyl (C=O) groups is 1. The summed E-state index contributed by atoms with van der Waals surface area (Å²) >= 11 is 0. The molecule has 168 valence electrons. The second kappa shape index (κ2) is 9.51. The van der Waals surface area contributed by atoms with Crippen LogP contribution in [0.5, 0.6) is 0 Å². The number of ketones is 1. The number of anilines is 1. The molecular formula is C20H23N7O4S. The van der Waals surface area contributed by atoms with Crippen molar-refractivity contribution in [1.29, 1.82) is 0 Å². The number of nitrogens with two attached hydrogens (primary N) is 1. The Morgan fingerprint density at radius 1 is 1.22 bits per heavy atom. The molecule has 32 heavy (non-hydrogen) atoms. The molecule has 3 heterocycles. The van der Waals surface area contributed by atoms with Crippen LogP contribution in [-0.4, -0.2) is 51.6 Å². The van der Waals surface area contributed by atoms with E-state index in [1.54, 1.807) is 29.3 Å². The van der Waals surface area contributed by atoms with Crippen molar-refractivity contribution in [3.8, 4) is 0 Å². The van der Waals surface area contributed by atoms with E-state index in [4.69, 9.17) is 9.32 Å². The summed E-state index contributed by atoms with van der Waals surface area (Å²) in [6.07, 6.45) is 10.2. The van der Waals surface area contributed by atoms with Crippen LogP contribution in [0, 0.1) is 5.92 Å². The van der Waals surface area contributed by atoms with E-state index in [1.807, 2.05) is 12.1 Å².